The van der Waals surface area contributed by atoms with Gasteiger partial charge >= 0.3 is 0 Å². The lowest BCUT2D eigenvalue weighted by molar-refractivity contribution is 0.228. The van der Waals surface area contributed by atoms with Crippen LogP contribution in [0.15, 0.2) is 17.0 Å². The fraction of sp³-hybridized carbons (Fsp3) is 0.364. The van der Waals surface area contributed by atoms with E-state index in [1.807, 2.05) is 13.8 Å². The molecule has 0 radical (unpaired) electrons. The average molecular weight is 276 g/mol. The lowest BCUT2D eigenvalue weighted by atomic mass is 10.3. The van der Waals surface area contributed by atoms with Crippen LogP contribution in [0, 0.1) is 0 Å². The summed E-state index contributed by atoms with van der Waals surface area (Å²) in [5.74, 6) is -0.266. The molecule has 0 heterocycles. The number of carbonyl (C=O) groups is 1. The molecule has 0 saturated carbocycles. The largest absolute Gasteiger partial charge is 0.507 e. The molecule has 0 saturated heterocycles. The molecule has 0 aliphatic heterocycles. The van der Waals surface area contributed by atoms with E-state index in [1.165, 1.54) is 12.1 Å². The summed E-state index contributed by atoms with van der Waals surface area (Å²) in [6.07, 6.45) is 0. The van der Waals surface area contributed by atoms with E-state index >= 15 is 0 Å². The van der Waals surface area contributed by atoms with E-state index in [1.54, 1.807) is 4.90 Å². The maximum Gasteiger partial charge on any atom is 0.286 e. The molecule has 0 aliphatic rings. The van der Waals surface area contributed by atoms with Crippen molar-refractivity contribution in [2.45, 2.75) is 18.7 Å². The summed E-state index contributed by atoms with van der Waals surface area (Å²) in [5.41, 5.74) is 0. The number of hydrogen-bond acceptors (Lipinski definition) is 4. The number of phenolic OH excluding ortho intramolecular Hbond substituents is 2. The molecular weight excluding hydrogens is 262 g/mol. The van der Waals surface area contributed by atoms with Crippen molar-refractivity contribution >= 4 is 28.6 Å². The van der Waals surface area contributed by atoms with Crippen LogP contribution in [0.25, 0.3) is 0 Å². The van der Waals surface area contributed by atoms with Crippen LogP contribution in [-0.4, -0.2) is 33.4 Å². The molecule has 0 fully saturated rings. The van der Waals surface area contributed by atoms with Crippen LogP contribution < -0.4 is 0 Å². The smallest absolute Gasteiger partial charge is 0.286 e. The van der Waals surface area contributed by atoms with Crippen molar-refractivity contribution in [3.05, 3.63) is 17.2 Å². The maximum atomic E-state index is 11.8. The van der Waals surface area contributed by atoms with Crippen molar-refractivity contribution in [2.75, 3.05) is 13.1 Å². The summed E-state index contributed by atoms with van der Waals surface area (Å²) >= 11 is 6.49. The molecule has 6 heteroatoms. The Morgan fingerprint density at radius 3 is 2.41 bits per heavy atom. The number of nitrogens with zero attached hydrogens (tertiary/aromatic N) is 1. The molecule has 1 aromatic rings. The SMILES string of the molecule is CCN(CC)C(=O)Sc1cc(O)c(Cl)cc1O. The lowest BCUT2D eigenvalue weighted by Gasteiger charge is -2.18. The number of thioether (sulfide) groups is 1. The third-order valence-corrected chi connectivity index (χ3v) is 3.53. The van der Waals surface area contributed by atoms with E-state index in [4.69, 9.17) is 11.6 Å². The molecule has 0 aromatic heterocycles. The third kappa shape index (κ3) is 3.44. The summed E-state index contributed by atoms with van der Waals surface area (Å²) in [5, 5.41) is 18.9. The zero-order valence-corrected chi connectivity index (χ0v) is 11.2. The molecule has 1 aromatic carbocycles. The van der Waals surface area contributed by atoms with Gasteiger partial charge in [0.2, 0.25) is 0 Å². The van der Waals surface area contributed by atoms with Crippen LogP contribution >= 0.6 is 23.4 Å². The van der Waals surface area contributed by atoms with Gasteiger partial charge in [-0.1, -0.05) is 11.6 Å². The second kappa shape index (κ2) is 6.02. The Labute approximate surface area is 109 Å². The van der Waals surface area contributed by atoms with Crippen molar-refractivity contribution < 1.29 is 15.0 Å². The molecule has 0 unspecified atom stereocenters. The number of benzene rings is 1. The first-order valence-corrected chi connectivity index (χ1v) is 6.37. The van der Waals surface area contributed by atoms with E-state index < -0.39 is 0 Å². The molecule has 17 heavy (non-hydrogen) atoms. The molecule has 0 spiro atoms. The third-order valence-electron chi connectivity index (χ3n) is 2.25. The highest BCUT2D eigenvalue weighted by molar-refractivity contribution is 8.13. The Kier molecular flexibility index (Phi) is 4.96. The van der Waals surface area contributed by atoms with Gasteiger partial charge in [0.1, 0.15) is 11.5 Å². The number of amides is 1. The molecule has 1 rings (SSSR count). The summed E-state index contributed by atoms with van der Waals surface area (Å²) < 4.78 is 0. The maximum absolute atomic E-state index is 11.8. The highest BCUT2D eigenvalue weighted by atomic mass is 35.5. The Bertz CT molecular complexity index is 421. The minimum Gasteiger partial charge on any atom is -0.507 e. The second-order valence-electron chi connectivity index (χ2n) is 3.31. The normalized spacial score (nSPS) is 10.3. The molecule has 1 amide bonds. The number of rotatable bonds is 3. The van der Waals surface area contributed by atoms with Crippen LogP contribution in [0.4, 0.5) is 4.79 Å². The molecule has 0 bridgehead atoms. The quantitative estimate of drug-likeness (QED) is 0.656. The molecular formula is C11H14ClNO3S. The van der Waals surface area contributed by atoms with Gasteiger partial charge < -0.3 is 15.1 Å². The van der Waals surface area contributed by atoms with Gasteiger partial charge in [-0.05, 0) is 31.7 Å². The van der Waals surface area contributed by atoms with Crippen LogP contribution in [0.1, 0.15) is 13.8 Å². The van der Waals surface area contributed by atoms with Crippen molar-refractivity contribution in [1.82, 2.24) is 4.90 Å². The van der Waals surface area contributed by atoms with E-state index in [-0.39, 0.29) is 21.8 Å². The minimum absolute atomic E-state index is 0.0575. The molecule has 2 N–H and O–H groups in total. The van der Waals surface area contributed by atoms with E-state index in [0.29, 0.717) is 18.0 Å². The fourth-order valence-electron chi connectivity index (χ4n) is 1.25. The molecule has 4 nitrogen and oxygen atoms in total. The average Bonchev–Trinajstić information content (AvgIpc) is 2.27. The Hall–Kier alpha value is -1.07. The van der Waals surface area contributed by atoms with Crippen LogP contribution in [-0.2, 0) is 0 Å². The second-order valence-corrected chi connectivity index (χ2v) is 4.71. The summed E-state index contributed by atoms with van der Waals surface area (Å²) in [4.78, 5) is 13.7. The molecule has 0 atom stereocenters. The highest BCUT2D eigenvalue weighted by Gasteiger charge is 2.15. The van der Waals surface area contributed by atoms with Crippen molar-refractivity contribution in [3.8, 4) is 11.5 Å². The number of halogens is 1. The minimum atomic E-state index is -0.174. The number of carbonyl (C=O) groups excluding carboxylic acids is 1. The van der Waals surface area contributed by atoms with Gasteiger partial charge in [-0.2, -0.15) is 0 Å². The first-order valence-electron chi connectivity index (χ1n) is 5.17. The molecule has 0 aliphatic carbocycles. The standard InChI is InChI=1S/C11H14ClNO3S/c1-3-13(4-2)11(16)17-10-6-8(14)7(12)5-9(10)15/h5-6,14-15H,3-4H2,1-2H3. The summed E-state index contributed by atoms with van der Waals surface area (Å²) in [7, 11) is 0. The van der Waals surface area contributed by atoms with Gasteiger partial charge in [-0.25, -0.2) is 0 Å². The van der Waals surface area contributed by atoms with E-state index in [9.17, 15) is 15.0 Å². The zero-order chi connectivity index (χ0) is 13.0. The van der Waals surface area contributed by atoms with Crippen molar-refractivity contribution in [1.29, 1.82) is 0 Å². The lowest BCUT2D eigenvalue weighted by Crippen LogP contribution is -2.26. The van der Waals surface area contributed by atoms with E-state index in [0.717, 1.165) is 11.8 Å². The Morgan fingerprint density at radius 2 is 1.88 bits per heavy atom. The van der Waals surface area contributed by atoms with Crippen LogP contribution in [0.3, 0.4) is 0 Å². The van der Waals surface area contributed by atoms with Crippen molar-refractivity contribution in [3.63, 3.8) is 0 Å². The number of phenols is 2. The van der Waals surface area contributed by atoms with Gasteiger partial charge in [0.05, 0.1) is 9.92 Å². The predicted octanol–water partition coefficient (Wildman–Crippen LogP) is 3.31. The van der Waals surface area contributed by atoms with Gasteiger partial charge in [-0.15, -0.1) is 0 Å². The van der Waals surface area contributed by atoms with Gasteiger partial charge in [0, 0.05) is 19.2 Å². The van der Waals surface area contributed by atoms with Gasteiger partial charge in [0.15, 0.2) is 0 Å². The van der Waals surface area contributed by atoms with Crippen LogP contribution in [0.2, 0.25) is 5.02 Å². The van der Waals surface area contributed by atoms with E-state index in [2.05, 4.69) is 0 Å². The fourth-order valence-corrected chi connectivity index (χ4v) is 2.32. The van der Waals surface area contributed by atoms with Gasteiger partial charge in [-0.3, -0.25) is 4.79 Å². The van der Waals surface area contributed by atoms with Gasteiger partial charge in [0.25, 0.3) is 5.24 Å². The summed E-state index contributed by atoms with van der Waals surface area (Å²) in [6.45, 7) is 4.95. The highest BCUT2D eigenvalue weighted by Crippen LogP contribution is 2.37. The predicted molar refractivity (Wildman–Crippen MR) is 69.0 cm³/mol. The Morgan fingerprint density at radius 1 is 1.29 bits per heavy atom. The first kappa shape index (κ1) is 14.0. The number of aromatic hydroxyl groups is 2. The number of hydrogen-bond donors (Lipinski definition) is 2. The monoisotopic (exact) mass is 275 g/mol. The molecule has 94 valence electrons. The first-order chi connectivity index (χ1) is 7.99. The zero-order valence-electron chi connectivity index (χ0n) is 9.61. The Balaban J connectivity index is 2.88. The van der Waals surface area contributed by atoms with Crippen molar-refractivity contribution in [2.24, 2.45) is 0 Å². The summed E-state index contributed by atoms with van der Waals surface area (Å²) in [6, 6.07) is 2.50. The van der Waals surface area contributed by atoms with Crippen LogP contribution in [0.5, 0.6) is 11.5 Å². The topological polar surface area (TPSA) is 60.8 Å².